The number of hydrogen-bond donors (Lipinski definition) is 0. The van der Waals surface area contributed by atoms with Crippen LogP contribution in [0.4, 0.5) is 0 Å². The summed E-state index contributed by atoms with van der Waals surface area (Å²) < 4.78 is 17.5. The zero-order valence-corrected chi connectivity index (χ0v) is 16.8. The van der Waals surface area contributed by atoms with Gasteiger partial charge in [0.25, 0.3) is 0 Å². The van der Waals surface area contributed by atoms with Gasteiger partial charge in [0, 0.05) is 18.0 Å². The maximum absolute atomic E-state index is 12.5. The first kappa shape index (κ1) is 19.4. The Kier molecular flexibility index (Phi) is 5.30. The predicted molar refractivity (Wildman–Crippen MR) is 111 cm³/mol. The van der Waals surface area contributed by atoms with Gasteiger partial charge in [-0.3, -0.25) is 4.98 Å². The van der Waals surface area contributed by atoms with Gasteiger partial charge in [0.1, 0.15) is 0 Å². The number of carbonyl (C=O) groups is 1. The number of methoxy groups -OCH3 is 3. The molecule has 30 heavy (non-hydrogen) atoms. The van der Waals surface area contributed by atoms with E-state index in [4.69, 9.17) is 19.2 Å². The molecule has 0 amide bonds. The largest absolute Gasteiger partial charge is 0.493 e. The number of esters is 1. The molecule has 0 atom stereocenters. The average Bonchev–Trinajstić information content (AvgIpc) is 3.20. The summed E-state index contributed by atoms with van der Waals surface area (Å²) in [6, 6.07) is 11.0. The number of rotatable bonds is 6. The SMILES string of the molecule is COC(=O)c1cc(-c2ccc(OC)c(OC)c2)nc2c1cnn2Cc1ccncc1. The van der Waals surface area contributed by atoms with E-state index in [1.807, 2.05) is 24.3 Å². The lowest BCUT2D eigenvalue weighted by Gasteiger charge is -2.11. The fourth-order valence-corrected chi connectivity index (χ4v) is 3.25. The van der Waals surface area contributed by atoms with Gasteiger partial charge in [-0.25, -0.2) is 14.5 Å². The van der Waals surface area contributed by atoms with Crippen molar-refractivity contribution in [3.05, 3.63) is 66.1 Å². The second-order valence-electron chi connectivity index (χ2n) is 6.51. The molecule has 8 heteroatoms. The van der Waals surface area contributed by atoms with E-state index in [0.29, 0.717) is 40.3 Å². The first-order chi connectivity index (χ1) is 14.6. The van der Waals surface area contributed by atoms with E-state index in [2.05, 4.69) is 10.1 Å². The molecule has 0 unspecified atom stereocenters. The monoisotopic (exact) mass is 404 g/mol. The Bertz CT molecular complexity index is 1200. The molecular formula is C22H20N4O4. The van der Waals surface area contributed by atoms with Gasteiger partial charge in [0.15, 0.2) is 17.1 Å². The minimum Gasteiger partial charge on any atom is -0.493 e. The minimum atomic E-state index is -0.451. The molecule has 0 radical (unpaired) electrons. The Hall–Kier alpha value is -3.94. The summed E-state index contributed by atoms with van der Waals surface area (Å²) in [5.74, 6) is 0.729. The highest BCUT2D eigenvalue weighted by Gasteiger charge is 2.19. The predicted octanol–water partition coefficient (Wildman–Crippen LogP) is 3.35. The molecule has 8 nitrogen and oxygen atoms in total. The molecule has 0 saturated carbocycles. The summed E-state index contributed by atoms with van der Waals surface area (Å²) in [6.07, 6.45) is 5.08. The number of fused-ring (bicyclic) bond motifs is 1. The molecule has 0 saturated heterocycles. The van der Waals surface area contributed by atoms with E-state index < -0.39 is 5.97 Å². The van der Waals surface area contributed by atoms with Gasteiger partial charge in [-0.15, -0.1) is 0 Å². The molecular weight excluding hydrogens is 384 g/mol. The second-order valence-corrected chi connectivity index (χ2v) is 6.51. The molecule has 3 aromatic heterocycles. The zero-order chi connectivity index (χ0) is 21.1. The molecule has 4 rings (SSSR count). The van der Waals surface area contributed by atoms with Crippen LogP contribution in [-0.4, -0.2) is 47.0 Å². The van der Waals surface area contributed by atoms with Gasteiger partial charge >= 0.3 is 5.97 Å². The molecule has 0 aliphatic heterocycles. The van der Waals surface area contributed by atoms with E-state index in [-0.39, 0.29) is 0 Å². The van der Waals surface area contributed by atoms with Crippen LogP contribution in [0.15, 0.2) is 55.0 Å². The average molecular weight is 404 g/mol. The molecule has 1 aromatic carbocycles. The summed E-state index contributed by atoms with van der Waals surface area (Å²) in [6.45, 7) is 0.495. The van der Waals surface area contributed by atoms with Crippen molar-refractivity contribution in [1.82, 2.24) is 19.7 Å². The highest BCUT2D eigenvalue weighted by atomic mass is 16.5. The van der Waals surface area contributed by atoms with Crippen molar-refractivity contribution in [3.63, 3.8) is 0 Å². The highest BCUT2D eigenvalue weighted by Crippen LogP contribution is 2.33. The van der Waals surface area contributed by atoms with Crippen LogP contribution in [0.3, 0.4) is 0 Å². The third-order valence-corrected chi connectivity index (χ3v) is 4.78. The molecule has 152 valence electrons. The standard InChI is InChI=1S/C22H20N4O4/c1-28-19-5-4-15(10-20(19)29-2)18-11-16(22(27)30-3)17-12-24-26(21(17)25-18)13-14-6-8-23-9-7-14/h4-12H,13H2,1-3H3. The second kappa shape index (κ2) is 8.20. The first-order valence-corrected chi connectivity index (χ1v) is 9.20. The number of ether oxygens (including phenoxy) is 3. The van der Waals surface area contributed by atoms with Gasteiger partial charge < -0.3 is 14.2 Å². The van der Waals surface area contributed by atoms with Crippen LogP contribution in [0, 0.1) is 0 Å². The van der Waals surface area contributed by atoms with Crippen molar-refractivity contribution >= 4 is 17.0 Å². The molecule has 0 spiro atoms. The third-order valence-electron chi connectivity index (χ3n) is 4.78. The van der Waals surface area contributed by atoms with E-state index in [9.17, 15) is 4.79 Å². The van der Waals surface area contributed by atoms with Crippen molar-refractivity contribution in [2.24, 2.45) is 0 Å². The van der Waals surface area contributed by atoms with Crippen LogP contribution in [0.5, 0.6) is 11.5 Å². The Balaban J connectivity index is 1.88. The van der Waals surface area contributed by atoms with E-state index in [1.165, 1.54) is 7.11 Å². The lowest BCUT2D eigenvalue weighted by atomic mass is 10.1. The van der Waals surface area contributed by atoms with Gasteiger partial charge in [-0.05, 0) is 42.0 Å². The normalized spacial score (nSPS) is 10.8. The summed E-state index contributed by atoms with van der Waals surface area (Å²) in [5.41, 5.74) is 3.37. The third kappa shape index (κ3) is 3.55. The summed E-state index contributed by atoms with van der Waals surface area (Å²) >= 11 is 0. The lowest BCUT2D eigenvalue weighted by Crippen LogP contribution is -2.06. The Morgan fingerprint density at radius 2 is 1.77 bits per heavy atom. The maximum atomic E-state index is 12.5. The quantitative estimate of drug-likeness (QED) is 0.455. The van der Waals surface area contributed by atoms with Crippen molar-refractivity contribution in [3.8, 4) is 22.8 Å². The van der Waals surface area contributed by atoms with Crippen LogP contribution in [0.2, 0.25) is 0 Å². The van der Waals surface area contributed by atoms with Gasteiger partial charge in [-0.2, -0.15) is 5.10 Å². The number of benzene rings is 1. The fraction of sp³-hybridized carbons (Fsp3) is 0.182. The minimum absolute atomic E-state index is 0.397. The summed E-state index contributed by atoms with van der Waals surface area (Å²) in [7, 11) is 4.50. The molecule has 0 fully saturated rings. The van der Waals surface area contributed by atoms with E-state index in [0.717, 1.165) is 11.1 Å². The van der Waals surface area contributed by atoms with Crippen LogP contribution >= 0.6 is 0 Å². The lowest BCUT2D eigenvalue weighted by molar-refractivity contribution is 0.0603. The molecule has 0 aliphatic carbocycles. The van der Waals surface area contributed by atoms with Crippen molar-refractivity contribution < 1.29 is 19.0 Å². The number of aromatic nitrogens is 4. The number of nitrogens with zero attached hydrogens (tertiary/aromatic N) is 4. The van der Waals surface area contributed by atoms with Gasteiger partial charge in [0.2, 0.25) is 0 Å². The van der Waals surface area contributed by atoms with Crippen LogP contribution < -0.4 is 9.47 Å². The smallest absolute Gasteiger partial charge is 0.338 e. The number of hydrogen-bond acceptors (Lipinski definition) is 7. The van der Waals surface area contributed by atoms with Gasteiger partial charge in [-0.1, -0.05) is 0 Å². The Morgan fingerprint density at radius 3 is 2.47 bits per heavy atom. The summed E-state index contributed by atoms with van der Waals surface area (Å²) in [5, 5.41) is 5.07. The maximum Gasteiger partial charge on any atom is 0.338 e. The molecule has 4 aromatic rings. The molecule has 3 heterocycles. The Labute approximate surface area is 173 Å². The molecule has 0 bridgehead atoms. The topological polar surface area (TPSA) is 88.4 Å². The highest BCUT2D eigenvalue weighted by molar-refractivity contribution is 6.03. The zero-order valence-electron chi connectivity index (χ0n) is 16.8. The van der Waals surface area contributed by atoms with Crippen LogP contribution in [-0.2, 0) is 11.3 Å². The fourth-order valence-electron chi connectivity index (χ4n) is 3.25. The van der Waals surface area contributed by atoms with E-state index in [1.54, 1.807) is 49.6 Å². The van der Waals surface area contributed by atoms with Crippen molar-refractivity contribution in [2.45, 2.75) is 6.54 Å². The number of carbonyl (C=O) groups excluding carboxylic acids is 1. The van der Waals surface area contributed by atoms with Crippen molar-refractivity contribution in [1.29, 1.82) is 0 Å². The molecule has 0 N–H and O–H groups in total. The number of pyridine rings is 2. The first-order valence-electron chi connectivity index (χ1n) is 9.20. The Morgan fingerprint density at radius 1 is 1.00 bits per heavy atom. The summed E-state index contributed by atoms with van der Waals surface area (Å²) in [4.78, 5) is 21.3. The van der Waals surface area contributed by atoms with Crippen molar-refractivity contribution in [2.75, 3.05) is 21.3 Å². The van der Waals surface area contributed by atoms with E-state index >= 15 is 0 Å². The van der Waals surface area contributed by atoms with Crippen LogP contribution in [0.1, 0.15) is 15.9 Å². The molecule has 0 aliphatic rings. The van der Waals surface area contributed by atoms with Gasteiger partial charge in [0.05, 0.1) is 50.7 Å². The van der Waals surface area contributed by atoms with Crippen LogP contribution in [0.25, 0.3) is 22.3 Å².